The fraction of sp³-hybridized carbons (Fsp3) is 0.360. The minimum atomic E-state index is -2.06. The second kappa shape index (κ2) is 8.52. The van der Waals surface area contributed by atoms with Gasteiger partial charge in [0.15, 0.2) is 0 Å². The number of anilines is 1. The maximum absolute atomic E-state index is 14.2. The number of aromatic nitrogens is 1. The number of nitrogens with zero attached hydrogens (tertiary/aromatic N) is 2. The Morgan fingerprint density at radius 1 is 1.28 bits per heavy atom. The van der Waals surface area contributed by atoms with E-state index in [4.69, 9.17) is 19.9 Å². The smallest absolute Gasteiger partial charge is 0.340 e. The van der Waals surface area contributed by atoms with E-state index in [1.54, 1.807) is 37.3 Å². The van der Waals surface area contributed by atoms with Crippen LogP contribution in [0.25, 0.3) is 0 Å². The first kappa shape index (κ1) is 23.6. The number of carbonyl (C=O) groups is 3. The van der Waals surface area contributed by atoms with Gasteiger partial charge in [-0.05, 0) is 25.8 Å². The number of carbonyl (C=O) groups excluding carboxylic acids is 2. The minimum Gasteiger partial charge on any atom is -0.480 e. The number of rotatable bonds is 5. The summed E-state index contributed by atoms with van der Waals surface area (Å²) in [6.07, 6.45) is 1.47. The van der Waals surface area contributed by atoms with Crippen LogP contribution in [-0.2, 0) is 35.8 Å². The van der Waals surface area contributed by atoms with Crippen LogP contribution in [0, 0.1) is 6.92 Å². The van der Waals surface area contributed by atoms with E-state index < -0.39 is 41.2 Å². The van der Waals surface area contributed by atoms with Gasteiger partial charge >= 0.3 is 11.9 Å². The van der Waals surface area contributed by atoms with E-state index in [9.17, 15) is 24.3 Å². The molecule has 3 aliphatic heterocycles. The van der Waals surface area contributed by atoms with Crippen molar-refractivity contribution in [2.75, 3.05) is 25.2 Å². The van der Waals surface area contributed by atoms with Gasteiger partial charge in [0, 0.05) is 29.6 Å². The Morgan fingerprint density at radius 2 is 2.03 bits per heavy atom. The molecule has 5 rings (SSSR count). The summed E-state index contributed by atoms with van der Waals surface area (Å²) >= 11 is 0. The number of carboxylic acid groups (broad SMARTS) is 1. The average Bonchev–Trinajstić information content (AvgIpc) is 3.43. The van der Waals surface area contributed by atoms with Crippen molar-refractivity contribution in [1.29, 1.82) is 0 Å². The van der Waals surface area contributed by atoms with E-state index >= 15 is 0 Å². The van der Waals surface area contributed by atoms with Crippen molar-refractivity contribution in [3.63, 3.8) is 0 Å². The number of aliphatic carboxylic acids is 1. The highest BCUT2D eigenvalue weighted by Gasteiger charge is 2.62. The number of hydrogen-bond acceptors (Lipinski definition) is 8. The zero-order valence-electron chi connectivity index (χ0n) is 19.8. The maximum atomic E-state index is 14.2. The van der Waals surface area contributed by atoms with Gasteiger partial charge in [0.05, 0.1) is 25.3 Å². The van der Waals surface area contributed by atoms with Crippen molar-refractivity contribution in [3.05, 3.63) is 69.0 Å². The lowest BCUT2D eigenvalue weighted by Gasteiger charge is -2.36. The number of benzene rings is 1. The molecular weight excluding hydrogens is 470 g/mol. The van der Waals surface area contributed by atoms with E-state index in [-0.39, 0.29) is 40.8 Å². The average molecular weight is 495 g/mol. The number of methoxy groups -OCH3 is 1. The molecule has 1 aromatic carbocycles. The molecule has 0 bridgehead atoms. The van der Waals surface area contributed by atoms with Crippen molar-refractivity contribution in [2.24, 2.45) is 5.73 Å². The third-order valence-corrected chi connectivity index (χ3v) is 6.95. The Bertz CT molecular complexity index is 1390. The summed E-state index contributed by atoms with van der Waals surface area (Å²) in [5.74, 6) is -3.41. The van der Waals surface area contributed by atoms with Crippen LogP contribution >= 0.6 is 0 Å². The summed E-state index contributed by atoms with van der Waals surface area (Å²) in [5.41, 5.74) is 4.15. The molecule has 0 aliphatic carbocycles. The zero-order valence-corrected chi connectivity index (χ0v) is 19.8. The van der Waals surface area contributed by atoms with Gasteiger partial charge in [-0.3, -0.25) is 19.3 Å². The molecule has 188 valence electrons. The number of nitrogens with two attached hydrogens (primary N) is 1. The largest absolute Gasteiger partial charge is 0.480 e. The summed E-state index contributed by atoms with van der Waals surface area (Å²) in [6, 6.07) is 7.99. The molecule has 1 fully saturated rings. The standard InChI is InChI=1S/C25H25N3O8/c1-13-10-17-19(22(31)27(13)11-14-6-5-9-35-14)25(20(21(26)36-17)23(32)34-2)15-7-3-4-8-16(15)28(24(25)33)12-18(29)30/h3-4,7-8,10,14H,5-6,9,11-12,26H2,1-2H3,(H,29,30)/t14-,25+/m0/s1. The number of aryl methyl sites for hydroxylation is 1. The second-order valence-corrected chi connectivity index (χ2v) is 8.96. The van der Waals surface area contributed by atoms with Crippen LogP contribution in [0.5, 0.6) is 5.75 Å². The number of esters is 1. The first-order valence-electron chi connectivity index (χ1n) is 11.5. The minimum absolute atomic E-state index is 0.0200. The Morgan fingerprint density at radius 3 is 2.69 bits per heavy atom. The van der Waals surface area contributed by atoms with E-state index in [1.165, 1.54) is 4.57 Å². The van der Waals surface area contributed by atoms with E-state index in [0.29, 0.717) is 12.3 Å². The first-order valence-corrected chi connectivity index (χ1v) is 11.5. The number of pyridine rings is 1. The summed E-state index contributed by atoms with van der Waals surface area (Å²) in [4.78, 5) is 54.2. The number of amides is 1. The molecule has 2 aromatic rings. The van der Waals surface area contributed by atoms with Gasteiger partial charge in [0.25, 0.3) is 5.56 Å². The van der Waals surface area contributed by atoms with Crippen molar-refractivity contribution in [3.8, 4) is 5.75 Å². The molecule has 0 radical (unpaired) electrons. The Hall–Kier alpha value is -4.12. The molecule has 4 heterocycles. The topological polar surface area (TPSA) is 150 Å². The lowest BCUT2D eigenvalue weighted by atomic mass is 9.68. The SMILES string of the molecule is COC(=O)C1=C(N)Oc2cc(C)n(C[C@@H]3CCCO3)c(=O)c2[C@@]12C(=O)N(CC(=O)O)c1ccccc12. The molecule has 11 nitrogen and oxygen atoms in total. The van der Waals surface area contributed by atoms with Crippen molar-refractivity contribution >= 4 is 23.5 Å². The molecule has 36 heavy (non-hydrogen) atoms. The van der Waals surface area contributed by atoms with Crippen LogP contribution in [-0.4, -0.2) is 53.9 Å². The highest BCUT2D eigenvalue weighted by atomic mass is 16.5. The van der Waals surface area contributed by atoms with Crippen LogP contribution in [0.4, 0.5) is 5.69 Å². The molecule has 0 unspecified atom stereocenters. The molecule has 3 aliphatic rings. The fourth-order valence-corrected chi connectivity index (χ4v) is 5.45. The summed E-state index contributed by atoms with van der Waals surface area (Å²) in [6.45, 7) is 1.88. The molecule has 1 aromatic heterocycles. The lowest BCUT2D eigenvalue weighted by Crippen LogP contribution is -2.52. The molecular formula is C25H25N3O8. The van der Waals surface area contributed by atoms with E-state index in [0.717, 1.165) is 24.9 Å². The molecule has 0 saturated carbocycles. The predicted molar refractivity (Wildman–Crippen MR) is 125 cm³/mol. The Kier molecular flexibility index (Phi) is 5.59. The van der Waals surface area contributed by atoms with Gasteiger partial charge in [-0.1, -0.05) is 18.2 Å². The quantitative estimate of drug-likeness (QED) is 0.574. The van der Waals surface area contributed by atoms with E-state index in [1.807, 2.05) is 0 Å². The number of carboxylic acids is 1. The Labute approximate surface area is 205 Å². The monoisotopic (exact) mass is 495 g/mol. The van der Waals surface area contributed by atoms with Gasteiger partial charge in [-0.2, -0.15) is 0 Å². The van der Waals surface area contributed by atoms with Gasteiger partial charge in [-0.15, -0.1) is 0 Å². The van der Waals surface area contributed by atoms with Gasteiger partial charge in [0.1, 0.15) is 23.3 Å². The normalized spacial score (nSPS) is 22.4. The zero-order chi connectivity index (χ0) is 25.8. The first-order chi connectivity index (χ1) is 17.2. The maximum Gasteiger partial charge on any atom is 0.340 e. The number of fused-ring (bicyclic) bond motifs is 4. The van der Waals surface area contributed by atoms with Crippen LogP contribution in [0.3, 0.4) is 0 Å². The molecule has 3 N–H and O–H groups in total. The lowest BCUT2D eigenvalue weighted by molar-refractivity contribution is -0.138. The molecule has 11 heteroatoms. The van der Waals surface area contributed by atoms with Crippen LogP contribution < -0.4 is 20.9 Å². The molecule has 1 amide bonds. The van der Waals surface area contributed by atoms with Gasteiger partial charge < -0.3 is 29.6 Å². The highest BCUT2D eigenvalue weighted by Crippen LogP contribution is 2.54. The molecule has 2 atom stereocenters. The molecule has 1 saturated heterocycles. The summed E-state index contributed by atoms with van der Waals surface area (Å²) in [5, 5.41) is 9.54. The molecule has 1 spiro atoms. The predicted octanol–water partition coefficient (Wildman–Crippen LogP) is 0.789. The summed E-state index contributed by atoms with van der Waals surface area (Å²) in [7, 11) is 1.12. The Balaban J connectivity index is 1.86. The van der Waals surface area contributed by atoms with Crippen LogP contribution in [0.15, 0.2) is 46.6 Å². The van der Waals surface area contributed by atoms with Gasteiger partial charge in [-0.25, -0.2) is 4.79 Å². The third-order valence-electron chi connectivity index (χ3n) is 6.95. The van der Waals surface area contributed by atoms with Crippen molar-refractivity contribution < 1.29 is 33.7 Å². The highest BCUT2D eigenvalue weighted by molar-refractivity contribution is 6.19. The fourth-order valence-electron chi connectivity index (χ4n) is 5.45. The van der Waals surface area contributed by atoms with Crippen LogP contribution in [0.1, 0.15) is 29.7 Å². The number of ether oxygens (including phenoxy) is 3. The van der Waals surface area contributed by atoms with E-state index in [2.05, 4.69) is 0 Å². The third kappa shape index (κ3) is 3.23. The number of para-hydroxylation sites is 1. The van der Waals surface area contributed by atoms with Crippen molar-refractivity contribution in [2.45, 2.75) is 37.8 Å². The summed E-state index contributed by atoms with van der Waals surface area (Å²) < 4.78 is 17.9. The van der Waals surface area contributed by atoms with Crippen LogP contribution in [0.2, 0.25) is 0 Å². The van der Waals surface area contributed by atoms with Crippen molar-refractivity contribution in [1.82, 2.24) is 4.57 Å². The van der Waals surface area contributed by atoms with Gasteiger partial charge in [0.2, 0.25) is 11.8 Å². The second-order valence-electron chi connectivity index (χ2n) is 8.96. The number of hydrogen-bond donors (Lipinski definition) is 2.